The second-order valence-corrected chi connectivity index (χ2v) is 6.85. The zero-order valence-electron chi connectivity index (χ0n) is 15.2. The van der Waals surface area contributed by atoms with Crippen molar-refractivity contribution in [3.63, 3.8) is 0 Å². The minimum absolute atomic E-state index is 0.170. The van der Waals surface area contributed by atoms with Gasteiger partial charge in [0.15, 0.2) is 0 Å². The van der Waals surface area contributed by atoms with Crippen LogP contribution in [0.1, 0.15) is 11.1 Å². The SMILES string of the molecule is Fc1ccc(CN2CCN(Cc3ccc(Cl)cc3)CC2)cc1.O=C(O)C(=O)O. The van der Waals surface area contributed by atoms with Crippen molar-refractivity contribution in [2.45, 2.75) is 13.1 Å². The number of hydrogen-bond donors (Lipinski definition) is 2. The number of rotatable bonds is 4. The molecule has 0 saturated carbocycles. The van der Waals surface area contributed by atoms with Crippen LogP contribution in [-0.4, -0.2) is 58.1 Å². The summed E-state index contributed by atoms with van der Waals surface area (Å²) in [5.41, 5.74) is 2.48. The first-order chi connectivity index (χ1) is 13.3. The van der Waals surface area contributed by atoms with Gasteiger partial charge in [-0.25, -0.2) is 14.0 Å². The zero-order chi connectivity index (χ0) is 20.5. The summed E-state index contributed by atoms with van der Waals surface area (Å²) < 4.78 is 12.9. The van der Waals surface area contributed by atoms with Crippen LogP contribution < -0.4 is 0 Å². The molecule has 0 bridgehead atoms. The topological polar surface area (TPSA) is 81.1 Å². The predicted molar refractivity (Wildman–Crippen MR) is 104 cm³/mol. The third kappa shape index (κ3) is 7.64. The van der Waals surface area contributed by atoms with Gasteiger partial charge in [0.2, 0.25) is 0 Å². The van der Waals surface area contributed by atoms with Gasteiger partial charge in [0.05, 0.1) is 0 Å². The lowest BCUT2D eigenvalue weighted by molar-refractivity contribution is -0.159. The molecule has 0 aliphatic carbocycles. The second-order valence-electron chi connectivity index (χ2n) is 6.42. The molecule has 0 amide bonds. The average Bonchev–Trinajstić information content (AvgIpc) is 2.67. The molecule has 1 aliphatic heterocycles. The summed E-state index contributed by atoms with van der Waals surface area (Å²) >= 11 is 5.92. The molecule has 150 valence electrons. The molecule has 1 heterocycles. The van der Waals surface area contributed by atoms with Gasteiger partial charge in [-0.2, -0.15) is 0 Å². The smallest absolute Gasteiger partial charge is 0.414 e. The molecule has 6 nitrogen and oxygen atoms in total. The maximum Gasteiger partial charge on any atom is 0.414 e. The van der Waals surface area contributed by atoms with Gasteiger partial charge < -0.3 is 10.2 Å². The number of carbonyl (C=O) groups is 2. The third-order valence-electron chi connectivity index (χ3n) is 4.29. The summed E-state index contributed by atoms with van der Waals surface area (Å²) in [6.45, 7) is 6.08. The van der Waals surface area contributed by atoms with Gasteiger partial charge in [0, 0.05) is 44.3 Å². The quantitative estimate of drug-likeness (QED) is 0.757. The van der Waals surface area contributed by atoms with Gasteiger partial charge in [-0.3, -0.25) is 9.80 Å². The van der Waals surface area contributed by atoms with E-state index in [4.69, 9.17) is 31.4 Å². The van der Waals surface area contributed by atoms with Crippen LogP contribution >= 0.6 is 11.6 Å². The largest absolute Gasteiger partial charge is 0.473 e. The van der Waals surface area contributed by atoms with E-state index in [1.807, 2.05) is 24.3 Å². The summed E-state index contributed by atoms with van der Waals surface area (Å²) in [6, 6.07) is 14.9. The van der Waals surface area contributed by atoms with Gasteiger partial charge in [0.25, 0.3) is 0 Å². The van der Waals surface area contributed by atoms with Crippen molar-refractivity contribution in [1.29, 1.82) is 0 Å². The predicted octanol–water partition coefficient (Wildman–Crippen LogP) is 2.95. The van der Waals surface area contributed by atoms with Crippen LogP contribution in [-0.2, 0) is 22.7 Å². The fraction of sp³-hybridized carbons (Fsp3) is 0.300. The van der Waals surface area contributed by atoms with Gasteiger partial charge in [-0.1, -0.05) is 35.9 Å². The van der Waals surface area contributed by atoms with E-state index in [1.165, 1.54) is 23.3 Å². The molecule has 1 saturated heterocycles. The molecule has 0 unspecified atom stereocenters. The first-order valence-corrected chi connectivity index (χ1v) is 9.11. The molecule has 0 spiro atoms. The lowest BCUT2D eigenvalue weighted by atomic mass is 10.1. The first kappa shape index (κ1) is 21.8. The lowest BCUT2D eigenvalue weighted by Gasteiger charge is -2.34. The Labute approximate surface area is 167 Å². The van der Waals surface area contributed by atoms with E-state index in [0.717, 1.165) is 44.3 Å². The van der Waals surface area contributed by atoms with Crippen molar-refractivity contribution in [3.8, 4) is 0 Å². The highest BCUT2D eigenvalue weighted by molar-refractivity contribution is 6.30. The molecule has 3 rings (SSSR count). The third-order valence-corrected chi connectivity index (χ3v) is 4.54. The van der Waals surface area contributed by atoms with Gasteiger partial charge in [-0.05, 0) is 35.4 Å². The Morgan fingerprint density at radius 2 is 1.14 bits per heavy atom. The first-order valence-electron chi connectivity index (χ1n) is 8.73. The summed E-state index contributed by atoms with van der Waals surface area (Å²) in [7, 11) is 0. The molecule has 8 heteroatoms. The van der Waals surface area contributed by atoms with Crippen LogP contribution in [0.3, 0.4) is 0 Å². The Morgan fingerprint density at radius 1 is 0.786 bits per heavy atom. The molecular weight excluding hydrogens is 387 g/mol. The monoisotopic (exact) mass is 408 g/mol. The number of aliphatic carboxylic acids is 2. The number of carboxylic acids is 2. The fourth-order valence-corrected chi connectivity index (χ4v) is 2.93. The zero-order valence-corrected chi connectivity index (χ0v) is 16.0. The Bertz CT molecular complexity index is 708. The van der Waals surface area contributed by atoms with Crippen LogP contribution in [0.25, 0.3) is 0 Å². The minimum atomic E-state index is -1.82. The number of halogens is 2. The van der Waals surface area contributed by atoms with Crippen molar-refractivity contribution in [2.75, 3.05) is 26.2 Å². The Kier molecular flexibility index (Phi) is 8.38. The van der Waals surface area contributed by atoms with Crippen LogP contribution in [0.4, 0.5) is 4.39 Å². The van der Waals surface area contributed by atoms with Crippen molar-refractivity contribution in [2.24, 2.45) is 0 Å². The Hall–Kier alpha value is -2.48. The van der Waals surface area contributed by atoms with Crippen LogP contribution in [0, 0.1) is 5.82 Å². The fourth-order valence-electron chi connectivity index (χ4n) is 2.80. The number of benzene rings is 2. The minimum Gasteiger partial charge on any atom is -0.473 e. The van der Waals surface area contributed by atoms with E-state index < -0.39 is 11.9 Å². The summed E-state index contributed by atoms with van der Waals surface area (Å²) in [5, 5.41) is 15.6. The van der Waals surface area contributed by atoms with Crippen LogP contribution in [0.15, 0.2) is 48.5 Å². The van der Waals surface area contributed by atoms with Crippen LogP contribution in [0.2, 0.25) is 5.02 Å². The molecule has 0 radical (unpaired) electrons. The van der Waals surface area contributed by atoms with Crippen LogP contribution in [0.5, 0.6) is 0 Å². The number of nitrogens with zero attached hydrogens (tertiary/aromatic N) is 2. The molecule has 2 N–H and O–H groups in total. The second kappa shape index (κ2) is 10.8. The standard InChI is InChI=1S/C18H20ClFN2.C2H2O4/c19-17-5-1-15(2-6-17)13-21-9-11-22(12-10-21)14-16-3-7-18(20)8-4-16;3-1(4)2(5)6/h1-8H,9-14H2;(H,3,4)(H,5,6). The highest BCUT2D eigenvalue weighted by atomic mass is 35.5. The van der Waals surface area contributed by atoms with Crippen molar-refractivity contribution in [3.05, 3.63) is 70.5 Å². The van der Waals surface area contributed by atoms with E-state index in [1.54, 1.807) is 0 Å². The van der Waals surface area contributed by atoms with Gasteiger partial charge in [-0.15, -0.1) is 0 Å². The number of carboxylic acid groups (broad SMARTS) is 2. The number of hydrogen-bond acceptors (Lipinski definition) is 4. The molecule has 28 heavy (non-hydrogen) atoms. The lowest BCUT2D eigenvalue weighted by Crippen LogP contribution is -2.45. The number of piperazine rings is 1. The molecule has 0 aromatic heterocycles. The van der Waals surface area contributed by atoms with E-state index in [2.05, 4.69) is 21.9 Å². The maximum absolute atomic E-state index is 12.9. The van der Waals surface area contributed by atoms with E-state index >= 15 is 0 Å². The molecule has 2 aromatic carbocycles. The van der Waals surface area contributed by atoms with E-state index in [-0.39, 0.29) is 5.82 Å². The molecule has 2 aromatic rings. The highest BCUT2D eigenvalue weighted by Gasteiger charge is 2.17. The van der Waals surface area contributed by atoms with Crippen molar-refractivity contribution >= 4 is 23.5 Å². The Morgan fingerprint density at radius 3 is 1.50 bits per heavy atom. The van der Waals surface area contributed by atoms with Gasteiger partial charge >= 0.3 is 11.9 Å². The van der Waals surface area contributed by atoms with Crippen molar-refractivity contribution < 1.29 is 24.2 Å². The Balaban J connectivity index is 0.000000409. The van der Waals surface area contributed by atoms with Gasteiger partial charge in [0.1, 0.15) is 5.82 Å². The molecule has 0 atom stereocenters. The van der Waals surface area contributed by atoms with E-state index in [9.17, 15) is 4.39 Å². The summed E-state index contributed by atoms with van der Waals surface area (Å²) in [6.07, 6.45) is 0. The average molecular weight is 409 g/mol. The van der Waals surface area contributed by atoms with E-state index in [0.29, 0.717) is 0 Å². The maximum atomic E-state index is 12.9. The molecule has 1 fully saturated rings. The van der Waals surface area contributed by atoms with Crippen molar-refractivity contribution in [1.82, 2.24) is 9.80 Å². The highest BCUT2D eigenvalue weighted by Crippen LogP contribution is 2.14. The normalized spacial score (nSPS) is 14.8. The molecular formula is C20H22ClFN2O4. The molecule has 1 aliphatic rings. The summed E-state index contributed by atoms with van der Waals surface area (Å²) in [5.74, 6) is -3.82. The summed E-state index contributed by atoms with van der Waals surface area (Å²) in [4.78, 5) is 23.1.